The Morgan fingerprint density at radius 3 is 2.85 bits per heavy atom. The first-order chi connectivity index (χ1) is 12.8. The van der Waals surface area contributed by atoms with Crippen LogP contribution in [0.5, 0.6) is 5.75 Å². The summed E-state index contributed by atoms with van der Waals surface area (Å²) >= 11 is 0. The molecule has 1 aliphatic heterocycles. The zero-order chi connectivity index (χ0) is 19.2. The number of aromatic nitrogens is 3. The van der Waals surface area contributed by atoms with Crippen molar-refractivity contribution in [3.05, 3.63) is 63.7 Å². The standard InChI is InChI=1S/C17H13F3N4O3/c18-17(19,20)27-11-3-1-2-10(8-11)15(25)23-7-5-12-13(9-23)22-14-4-6-21-24(14)16(12)26/h1-4,6,8,21H,5,7,9H2. The second-order valence-corrected chi connectivity index (χ2v) is 6.05. The second kappa shape index (κ2) is 6.15. The van der Waals surface area contributed by atoms with E-state index in [1.54, 1.807) is 12.3 Å². The van der Waals surface area contributed by atoms with E-state index >= 15 is 0 Å². The molecule has 0 atom stereocenters. The number of rotatable bonds is 2. The van der Waals surface area contributed by atoms with Crippen molar-refractivity contribution in [1.29, 1.82) is 0 Å². The number of carbonyl (C=O) groups excluding carboxylic acids is 1. The Morgan fingerprint density at radius 2 is 2.07 bits per heavy atom. The molecule has 0 saturated heterocycles. The van der Waals surface area contributed by atoms with Crippen LogP contribution < -0.4 is 10.3 Å². The smallest absolute Gasteiger partial charge is 0.406 e. The van der Waals surface area contributed by atoms with Gasteiger partial charge in [-0.1, -0.05) is 6.07 Å². The first kappa shape index (κ1) is 17.1. The van der Waals surface area contributed by atoms with E-state index in [1.165, 1.54) is 21.5 Å². The van der Waals surface area contributed by atoms with Crippen LogP contribution in [-0.4, -0.2) is 38.3 Å². The van der Waals surface area contributed by atoms with Gasteiger partial charge in [-0.05, 0) is 24.6 Å². The van der Waals surface area contributed by atoms with E-state index in [0.717, 1.165) is 12.1 Å². The van der Waals surface area contributed by atoms with Crippen LogP contribution in [-0.2, 0) is 13.0 Å². The predicted molar refractivity (Wildman–Crippen MR) is 87.4 cm³/mol. The Hall–Kier alpha value is -3.30. The maximum absolute atomic E-state index is 12.7. The van der Waals surface area contributed by atoms with Gasteiger partial charge in [0.05, 0.1) is 12.2 Å². The van der Waals surface area contributed by atoms with Crippen LogP contribution >= 0.6 is 0 Å². The van der Waals surface area contributed by atoms with E-state index in [9.17, 15) is 22.8 Å². The molecule has 1 aliphatic rings. The molecule has 0 aliphatic carbocycles. The first-order valence-corrected chi connectivity index (χ1v) is 8.05. The average Bonchev–Trinajstić information content (AvgIpc) is 3.08. The number of amides is 1. The van der Waals surface area contributed by atoms with Gasteiger partial charge in [0.25, 0.3) is 11.5 Å². The fourth-order valence-corrected chi connectivity index (χ4v) is 3.11. The van der Waals surface area contributed by atoms with E-state index in [-0.39, 0.29) is 24.2 Å². The Balaban J connectivity index is 1.60. The summed E-state index contributed by atoms with van der Waals surface area (Å²) in [4.78, 5) is 31.0. The second-order valence-electron chi connectivity index (χ2n) is 6.05. The van der Waals surface area contributed by atoms with Crippen molar-refractivity contribution in [2.24, 2.45) is 0 Å². The van der Waals surface area contributed by atoms with Crippen molar-refractivity contribution >= 4 is 11.6 Å². The van der Waals surface area contributed by atoms with Crippen LogP contribution in [0.2, 0.25) is 0 Å². The van der Waals surface area contributed by atoms with E-state index in [1.807, 2.05) is 0 Å². The molecule has 3 aromatic rings. The number of alkyl halides is 3. The lowest BCUT2D eigenvalue weighted by Crippen LogP contribution is -2.39. The average molecular weight is 378 g/mol. The van der Waals surface area contributed by atoms with Gasteiger partial charge in [0.2, 0.25) is 0 Å². The molecule has 27 heavy (non-hydrogen) atoms. The summed E-state index contributed by atoms with van der Waals surface area (Å²) in [5.74, 6) is -0.916. The highest BCUT2D eigenvalue weighted by Crippen LogP contribution is 2.25. The number of hydrogen-bond acceptors (Lipinski definition) is 4. The van der Waals surface area contributed by atoms with Crippen molar-refractivity contribution in [3.63, 3.8) is 0 Å². The molecule has 10 heteroatoms. The zero-order valence-corrected chi connectivity index (χ0v) is 13.8. The molecule has 3 heterocycles. The molecular formula is C17H13F3N4O3. The zero-order valence-electron chi connectivity index (χ0n) is 13.8. The summed E-state index contributed by atoms with van der Waals surface area (Å²) in [6, 6.07) is 6.54. The van der Waals surface area contributed by atoms with Crippen molar-refractivity contribution in [3.8, 4) is 5.75 Å². The third-order valence-electron chi connectivity index (χ3n) is 4.30. The lowest BCUT2D eigenvalue weighted by Gasteiger charge is -2.27. The number of fused-ring (bicyclic) bond motifs is 2. The highest BCUT2D eigenvalue weighted by molar-refractivity contribution is 5.94. The van der Waals surface area contributed by atoms with Crippen molar-refractivity contribution < 1.29 is 22.7 Å². The Labute approximate surface area is 150 Å². The number of aromatic amines is 1. The SMILES string of the molecule is O=C(c1cccc(OC(F)(F)F)c1)N1CCc2c(nc3cc[nH]n3c2=O)C1. The van der Waals surface area contributed by atoms with E-state index in [4.69, 9.17) is 0 Å². The number of halogens is 3. The molecular weight excluding hydrogens is 365 g/mol. The fourth-order valence-electron chi connectivity index (χ4n) is 3.11. The van der Waals surface area contributed by atoms with Gasteiger partial charge in [0, 0.05) is 29.9 Å². The van der Waals surface area contributed by atoms with Crippen LogP contribution in [0, 0.1) is 0 Å². The maximum Gasteiger partial charge on any atom is 0.573 e. The molecule has 7 nitrogen and oxygen atoms in total. The summed E-state index contributed by atoms with van der Waals surface area (Å²) < 4.78 is 42.3. The molecule has 0 saturated carbocycles. The lowest BCUT2D eigenvalue weighted by atomic mass is 10.1. The molecule has 4 rings (SSSR count). The molecule has 2 aromatic heterocycles. The molecule has 0 unspecified atom stereocenters. The van der Waals surface area contributed by atoms with E-state index < -0.39 is 18.0 Å². The largest absolute Gasteiger partial charge is 0.573 e. The summed E-state index contributed by atoms with van der Waals surface area (Å²) in [5.41, 5.74) is 1.30. The fraction of sp³-hybridized carbons (Fsp3) is 0.235. The third kappa shape index (κ3) is 3.25. The van der Waals surface area contributed by atoms with Gasteiger partial charge < -0.3 is 9.64 Å². The van der Waals surface area contributed by atoms with Gasteiger partial charge in [-0.3, -0.25) is 14.7 Å². The number of H-pyrrole nitrogens is 1. The van der Waals surface area contributed by atoms with Crippen LogP contribution in [0.25, 0.3) is 5.65 Å². The van der Waals surface area contributed by atoms with Gasteiger partial charge in [-0.15, -0.1) is 13.2 Å². The quantitative estimate of drug-likeness (QED) is 0.741. The Kier molecular flexibility index (Phi) is 3.90. The predicted octanol–water partition coefficient (Wildman–Crippen LogP) is 2.12. The molecule has 140 valence electrons. The van der Waals surface area contributed by atoms with E-state index in [0.29, 0.717) is 23.3 Å². The minimum atomic E-state index is -4.83. The Morgan fingerprint density at radius 1 is 1.26 bits per heavy atom. The molecule has 0 fully saturated rings. The van der Waals surface area contributed by atoms with Gasteiger partial charge in [-0.2, -0.15) is 0 Å². The third-order valence-corrected chi connectivity index (χ3v) is 4.30. The monoisotopic (exact) mass is 378 g/mol. The number of benzene rings is 1. The Bertz CT molecular complexity index is 1090. The minimum Gasteiger partial charge on any atom is -0.406 e. The van der Waals surface area contributed by atoms with Gasteiger partial charge in [0.1, 0.15) is 5.75 Å². The molecule has 0 radical (unpaired) electrons. The summed E-state index contributed by atoms with van der Waals surface area (Å²) in [7, 11) is 0. The first-order valence-electron chi connectivity index (χ1n) is 8.05. The van der Waals surface area contributed by atoms with Gasteiger partial charge in [0.15, 0.2) is 5.65 Å². The molecule has 1 aromatic carbocycles. The van der Waals surface area contributed by atoms with Crippen molar-refractivity contribution in [1.82, 2.24) is 19.5 Å². The topological polar surface area (TPSA) is 79.7 Å². The van der Waals surface area contributed by atoms with Crippen LogP contribution in [0.3, 0.4) is 0 Å². The van der Waals surface area contributed by atoms with Gasteiger partial charge in [-0.25, -0.2) is 9.50 Å². The minimum absolute atomic E-state index is 0.0691. The molecule has 1 N–H and O–H groups in total. The summed E-state index contributed by atoms with van der Waals surface area (Å²) in [6.07, 6.45) is -2.93. The maximum atomic E-state index is 12.7. The van der Waals surface area contributed by atoms with Crippen LogP contribution in [0.4, 0.5) is 13.2 Å². The number of hydrogen-bond donors (Lipinski definition) is 1. The van der Waals surface area contributed by atoms with Crippen LogP contribution in [0.15, 0.2) is 41.3 Å². The number of carbonyl (C=O) groups is 1. The van der Waals surface area contributed by atoms with Gasteiger partial charge >= 0.3 is 6.36 Å². The molecule has 0 spiro atoms. The summed E-state index contributed by atoms with van der Waals surface area (Å²) in [5, 5.41) is 2.78. The lowest BCUT2D eigenvalue weighted by molar-refractivity contribution is -0.274. The highest BCUT2D eigenvalue weighted by atomic mass is 19.4. The van der Waals surface area contributed by atoms with E-state index in [2.05, 4.69) is 14.8 Å². The molecule has 0 bridgehead atoms. The van der Waals surface area contributed by atoms with Crippen molar-refractivity contribution in [2.45, 2.75) is 19.3 Å². The number of nitrogens with one attached hydrogen (secondary N) is 1. The summed E-state index contributed by atoms with van der Waals surface area (Å²) in [6.45, 7) is 0.370. The highest BCUT2D eigenvalue weighted by Gasteiger charge is 2.32. The van der Waals surface area contributed by atoms with Crippen LogP contribution in [0.1, 0.15) is 21.6 Å². The number of nitrogens with zero attached hydrogens (tertiary/aromatic N) is 3. The molecule has 1 amide bonds. The number of ether oxygens (including phenoxy) is 1. The van der Waals surface area contributed by atoms with Crippen molar-refractivity contribution in [2.75, 3.05) is 6.54 Å². The normalized spacial score (nSPS) is 14.3.